The molecule has 0 atom stereocenters. The van der Waals surface area contributed by atoms with Gasteiger partial charge in [-0.05, 0) is 12.1 Å². The Bertz CT molecular complexity index is 885. The molecule has 0 unspecified atom stereocenters. The highest BCUT2D eigenvalue weighted by molar-refractivity contribution is 5.90. The van der Waals surface area contributed by atoms with Gasteiger partial charge in [0.25, 0.3) is 0 Å². The third-order valence-electron chi connectivity index (χ3n) is 2.74. The van der Waals surface area contributed by atoms with Crippen molar-refractivity contribution in [2.75, 3.05) is 0 Å². The molecule has 0 amide bonds. The fourth-order valence-corrected chi connectivity index (χ4v) is 1.86. The van der Waals surface area contributed by atoms with Crippen molar-refractivity contribution in [1.29, 1.82) is 0 Å². The lowest BCUT2D eigenvalue weighted by Gasteiger charge is -2.05. The van der Waals surface area contributed by atoms with Crippen LogP contribution in [0.5, 0.6) is 0 Å². The number of fused-ring (bicyclic) bond motifs is 2. The van der Waals surface area contributed by atoms with E-state index in [0.717, 1.165) is 0 Å². The van der Waals surface area contributed by atoms with Gasteiger partial charge >= 0.3 is 5.97 Å². The van der Waals surface area contributed by atoms with E-state index in [0.29, 0.717) is 11.0 Å². The summed E-state index contributed by atoms with van der Waals surface area (Å²) in [6, 6.07) is 7.05. The average Bonchev–Trinajstić information content (AvgIpc) is 2.41. The molecule has 94 valence electrons. The summed E-state index contributed by atoms with van der Waals surface area (Å²) in [5.41, 5.74) is 0.144. The molecule has 19 heavy (non-hydrogen) atoms. The average molecular weight is 256 g/mol. The molecule has 0 saturated heterocycles. The van der Waals surface area contributed by atoms with E-state index in [1.54, 1.807) is 24.3 Å². The summed E-state index contributed by atoms with van der Waals surface area (Å²) in [4.78, 5) is 31.4. The number of para-hydroxylation sites is 2. The molecule has 0 fully saturated rings. The maximum Gasteiger partial charge on any atom is 0.360 e. The molecule has 3 rings (SSSR count). The number of carbonyl (C=O) groups is 1. The van der Waals surface area contributed by atoms with Gasteiger partial charge in [0.2, 0.25) is 11.1 Å². The van der Waals surface area contributed by atoms with E-state index in [9.17, 15) is 9.59 Å². The Morgan fingerprint density at radius 2 is 1.84 bits per heavy atom. The highest BCUT2D eigenvalue weighted by Gasteiger charge is 2.17. The van der Waals surface area contributed by atoms with Gasteiger partial charge in [-0.2, -0.15) is 5.10 Å². The predicted octanol–water partition coefficient (Wildman–Crippen LogP) is 0.575. The molecule has 3 aromatic rings. The third-order valence-corrected chi connectivity index (χ3v) is 2.74. The summed E-state index contributed by atoms with van der Waals surface area (Å²) in [7, 11) is 1.53. The van der Waals surface area contributed by atoms with Crippen LogP contribution in [0.3, 0.4) is 0 Å². The van der Waals surface area contributed by atoms with E-state index in [-0.39, 0.29) is 11.2 Å². The topological polar surface area (TPSA) is 98.0 Å². The predicted molar refractivity (Wildman–Crippen MR) is 67.0 cm³/mol. The second kappa shape index (κ2) is 3.84. The highest BCUT2D eigenvalue weighted by Crippen LogP contribution is 2.12. The first-order chi connectivity index (χ1) is 9.08. The number of hydrogen-bond donors (Lipinski definition) is 1. The number of nitrogens with zero attached hydrogens (tertiary/aromatic N) is 4. The summed E-state index contributed by atoms with van der Waals surface area (Å²) < 4.78 is 1.25. The van der Waals surface area contributed by atoms with Crippen molar-refractivity contribution in [3.63, 3.8) is 0 Å². The lowest BCUT2D eigenvalue weighted by Crippen LogP contribution is -2.23. The van der Waals surface area contributed by atoms with Gasteiger partial charge in [0.1, 0.15) is 0 Å². The molecule has 0 spiro atoms. The van der Waals surface area contributed by atoms with E-state index >= 15 is 0 Å². The van der Waals surface area contributed by atoms with Crippen molar-refractivity contribution in [3.05, 3.63) is 40.2 Å². The van der Waals surface area contributed by atoms with Crippen LogP contribution in [-0.4, -0.2) is 30.8 Å². The number of carboxylic acids is 1. The molecular weight excluding hydrogens is 248 g/mol. The Labute approximate surface area is 106 Å². The number of aryl methyl sites for hydroxylation is 1. The molecule has 0 saturated carbocycles. The van der Waals surface area contributed by atoms with Crippen LogP contribution in [0.15, 0.2) is 29.1 Å². The van der Waals surface area contributed by atoms with Crippen LogP contribution in [0.25, 0.3) is 22.2 Å². The minimum Gasteiger partial charge on any atom is -0.476 e. The van der Waals surface area contributed by atoms with Gasteiger partial charge in [0.15, 0.2) is 11.2 Å². The molecule has 7 heteroatoms. The van der Waals surface area contributed by atoms with Crippen molar-refractivity contribution in [2.45, 2.75) is 0 Å². The lowest BCUT2D eigenvalue weighted by atomic mass is 10.3. The van der Waals surface area contributed by atoms with Crippen LogP contribution in [0.4, 0.5) is 0 Å². The van der Waals surface area contributed by atoms with Crippen LogP contribution in [0.2, 0.25) is 0 Å². The highest BCUT2D eigenvalue weighted by atomic mass is 16.4. The Morgan fingerprint density at radius 3 is 2.47 bits per heavy atom. The SMILES string of the molecule is Cn1nc(C(=O)O)c(=O)c2nc3ccccc3nc21. The van der Waals surface area contributed by atoms with Gasteiger partial charge in [-0.15, -0.1) is 0 Å². The van der Waals surface area contributed by atoms with Gasteiger partial charge in [-0.25, -0.2) is 19.4 Å². The van der Waals surface area contributed by atoms with Gasteiger partial charge in [0, 0.05) is 7.05 Å². The van der Waals surface area contributed by atoms with Crippen LogP contribution < -0.4 is 5.43 Å². The zero-order valence-electron chi connectivity index (χ0n) is 9.86. The van der Waals surface area contributed by atoms with Crippen LogP contribution in [0.1, 0.15) is 10.5 Å². The van der Waals surface area contributed by atoms with Gasteiger partial charge in [-0.1, -0.05) is 12.1 Å². The Morgan fingerprint density at radius 1 is 1.21 bits per heavy atom. The quantitative estimate of drug-likeness (QED) is 0.639. The summed E-state index contributed by atoms with van der Waals surface area (Å²) >= 11 is 0. The van der Waals surface area contributed by atoms with Crippen molar-refractivity contribution in [1.82, 2.24) is 19.7 Å². The van der Waals surface area contributed by atoms with E-state index in [2.05, 4.69) is 15.1 Å². The van der Waals surface area contributed by atoms with Crippen LogP contribution >= 0.6 is 0 Å². The molecular formula is C12H8N4O3. The molecule has 1 N–H and O–H groups in total. The monoisotopic (exact) mass is 256 g/mol. The first-order valence-electron chi connectivity index (χ1n) is 5.45. The molecule has 0 radical (unpaired) electrons. The fourth-order valence-electron chi connectivity index (χ4n) is 1.86. The van der Waals surface area contributed by atoms with E-state index in [1.165, 1.54) is 11.7 Å². The number of aromatic carboxylic acids is 1. The van der Waals surface area contributed by atoms with E-state index in [4.69, 9.17) is 5.11 Å². The summed E-state index contributed by atoms with van der Waals surface area (Å²) in [5.74, 6) is -1.38. The van der Waals surface area contributed by atoms with Crippen molar-refractivity contribution in [3.8, 4) is 0 Å². The van der Waals surface area contributed by atoms with E-state index in [1.807, 2.05) is 0 Å². The molecule has 0 aliphatic carbocycles. The molecule has 7 nitrogen and oxygen atoms in total. The zero-order chi connectivity index (χ0) is 13.6. The fraction of sp³-hybridized carbons (Fsp3) is 0.0833. The second-order valence-corrected chi connectivity index (χ2v) is 3.99. The molecule has 1 aromatic carbocycles. The summed E-state index contributed by atoms with van der Waals surface area (Å²) in [6.07, 6.45) is 0. The van der Waals surface area contributed by atoms with Crippen LogP contribution in [-0.2, 0) is 7.05 Å². The third kappa shape index (κ3) is 1.63. The first-order valence-corrected chi connectivity index (χ1v) is 5.45. The minimum absolute atomic E-state index is 0.00796. The number of aromatic nitrogens is 4. The maximum absolute atomic E-state index is 12.0. The Kier molecular flexibility index (Phi) is 2.28. The van der Waals surface area contributed by atoms with Gasteiger partial charge < -0.3 is 5.11 Å². The van der Waals surface area contributed by atoms with Crippen molar-refractivity contribution in [2.24, 2.45) is 7.05 Å². The van der Waals surface area contributed by atoms with Crippen molar-refractivity contribution < 1.29 is 9.90 Å². The zero-order valence-corrected chi connectivity index (χ0v) is 9.86. The molecule has 0 aliphatic heterocycles. The van der Waals surface area contributed by atoms with Gasteiger partial charge in [0.05, 0.1) is 11.0 Å². The molecule has 2 aromatic heterocycles. The van der Waals surface area contributed by atoms with Crippen LogP contribution in [0, 0.1) is 0 Å². The molecule has 2 heterocycles. The summed E-state index contributed by atoms with van der Waals surface area (Å²) in [6.45, 7) is 0. The number of hydrogen-bond acceptors (Lipinski definition) is 5. The molecule has 0 bridgehead atoms. The van der Waals surface area contributed by atoms with Crippen molar-refractivity contribution >= 4 is 28.2 Å². The Hall–Kier alpha value is -2.83. The lowest BCUT2D eigenvalue weighted by molar-refractivity contribution is 0.0686. The molecule has 0 aliphatic rings. The number of rotatable bonds is 1. The smallest absolute Gasteiger partial charge is 0.360 e. The summed E-state index contributed by atoms with van der Waals surface area (Å²) in [5, 5.41) is 12.6. The normalized spacial score (nSPS) is 11.0. The minimum atomic E-state index is -1.38. The first kappa shape index (κ1) is 11.3. The number of carboxylic acid groups (broad SMARTS) is 1. The van der Waals surface area contributed by atoms with E-state index < -0.39 is 17.1 Å². The van der Waals surface area contributed by atoms with Gasteiger partial charge in [-0.3, -0.25) is 4.79 Å². The second-order valence-electron chi connectivity index (χ2n) is 3.99. The standard InChI is InChI=1S/C12H8N4O3/c1-16-11-8(10(17)9(15-16)12(18)19)13-6-4-2-3-5-7(6)14-11/h2-5H,1H3,(H,18,19). The number of benzene rings is 1. The largest absolute Gasteiger partial charge is 0.476 e. The Balaban J connectivity index is 2.54. The maximum atomic E-state index is 12.0.